The van der Waals surface area contributed by atoms with Gasteiger partial charge in [-0.1, -0.05) is 18.1 Å². The molecule has 2 amide bonds. The van der Waals surface area contributed by atoms with Crippen LogP contribution in [0.5, 0.6) is 0 Å². The van der Waals surface area contributed by atoms with Crippen molar-refractivity contribution >= 4 is 12.0 Å². The van der Waals surface area contributed by atoms with Crippen LogP contribution < -0.4 is 5.32 Å². The molecule has 0 radical (unpaired) electrons. The number of urea groups is 1. The number of nitrogens with zero attached hydrogens (tertiary/aromatic N) is 1. The second kappa shape index (κ2) is 7.74. The van der Waals surface area contributed by atoms with Crippen molar-refractivity contribution in [1.82, 2.24) is 10.2 Å². The lowest BCUT2D eigenvalue weighted by molar-refractivity contribution is -0.137. The minimum absolute atomic E-state index is 0.0167. The Morgan fingerprint density at radius 2 is 2.17 bits per heavy atom. The van der Waals surface area contributed by atoms with Gasteiger partial charge >= 0.3 is 12.0 Å². The molecule has 5 nitrogen and oxygen atoms in total. The molecule has 0 unspecified atom stereocenters. The predicted molar refractivity (Wildman–Crippen MR) is 69.4 cm³/mol. The Morgan fingerprint density at radius 3 is 2.78 bits per heavy atom. The minimum atomic E-state index is -0.755. The summed E-state index contributed by atoms with van der Waals surface area (Å²) in [6, 6.07) is -0.0167. The van der Waals surface area contributed by atoms with E-state index in [1.807, 2.05) is 0 Å². The summed E-state index contributed by atoms with van der Waals surface area (Å²) < 4.78 is 0. The maximum absolute atomic E-state index is 11.7. The van der Waals surface area contributed by atoms with Crippen LogP contribution in [0.25, 0.3) is 0 Å². The fraction of sp³-hybridized carbons (Fsp3) is 0.692. The third-order valence-corrected chi connectivity index (χ3v) is 3.07. The average Bonchev–Trinajstić information content (AvgIpc) is 2.34. The Bertz CT molecular complexity index is 326. The maximum atomic E-state index is 11.7. The molecule has 5 heteroatoms. The minimum Gasteiger partial charge on any atom is -0.481 e. The van der Waals surface area contributed by atoms with E-state index in [9.17, 15) is 9.59 Å². The van der Waals surface area contributed by atoms with Gasteiger partial charge in [0.25, 0.3) is 0 Å². The third kappa shape index (κ3) is 5.70. The summed E-state index contributed by atoms with van der Waals surface area (Å²) in [5.74, 6) is -0.755. The van der Waals surface area contributed by atoms with Gasteiger partial charge in [-0.15, -0.1) is 0 Å². The van der Waals surface area contributed by atoms with Gasteiger partial charge < -0.3 is 15.3 Å². The molecule has 1 aliphatic heterocycles. The molecule has 2 N–H and O–H groups in total. The topological polar surface area (TPSA) is 69.6 Å². The number of carbonyl (C=O) groups is 2. The quantitative estimate of drug-likeness (QED) is 0.562. The van der Waals surface area contributed by atoms with Crippen LogP contribution in [0.4, 0.5) is 4.79 Å². The summed E-state index contributed by atoms with van der Waals surface area (Å²) in [4.78, 5) is 23.8. The van der Waals surface area contributed by atoms with Gasteiger partial charge in [-0.2, -0.15) is 0 Å². The van der Waals surface area contributed by atoms with Gasteiger partial charge in [-0.25, -0.2) is 4.79 Å². The van der Waals surface area contributed by atoms with E-state index < -0.39 is 5.97 Å². The molecule has 0 spiro atoms. The molecular formula is C13H22N2O3. The van der Waals surface area contributed by atoms with E-state index in [2.05, 4.69) is 18.3 Å². The van der Waals surface area contributed by atoms with Crippen molar-refractivity contribution in [3.63, 3.8) is 0 Å². The van der Waals surface area contributed by atoms with Crippen molar-refractivity contribution in [1.29, 1.82) is 0 Å². The summed E-state index contributed by atoms with van der Waals surface area (Å²) in [6.07, 6.45) is 5.59. The number of carboxylic acids is 1. The number of carbonyl (C=O) groups excluding carboxylic acids is 1. The molecule has 1 heterocycles. The summed E-state index contributed by atoms with van der Waals surface area (Å²) in [5, 5.41) is 11.3. The molecule has 0 saturated heterocycles. The van der Waals surface area contributed by atoms with Gasteiger partial charge in [0.2, 0.25) is 0 Å². The fourth-order valence-electron chi connectivity index (χ4n) is 1.84. The lowest BCUT2D eigenvalue weighted by atomic mass is 10.1. The van der Waals surface area contributed by atoms with Gasteiger partial charge in [0.05, 0.1) is 0 Å². The first-order chi connectivity index (χ1) is 8.59. The molecule has 18 heavy (non-hydrogen) atoms. The number of hydrogen-bond acceptors (Lipinski definition) is 2. The van der Waals surface area contributed by atoms with Crippen LogP contribution in [-0.4, -0.2) is 41.6 Å². The molecule has 102 valence electrons. The van der Waals surface area contributed by atoms with Crippen molar-refractivity contribution < 1.29 is 14.7 Å². The Labute approximate surface area is 108 Å². The zero-order valence-corrected chi connectivity index (χ0v) is 10.9. The number of amides is 2. The van der Waals surface area contributed by atoms with Crippen molar-refractivity contribution in [2.45, 2.75) is 39.0 Å². The van der Waals surface area contributed by atoms with E-state index in [1.54, 1.807) is 4.90 Å². The largest absolute Gasteiger partial charge is 0.481 e. The number of rotatable bonds is 6. The highest BCUT2D eigenvalue weighted by molar-refractivity contribution is 5.74. The first kappa shape index (κ1) is 14.5. The predicted octanol–water partition coefficient (Wildman–Crippen LogP) is 1.99. The van der Waals surface area contributed by atoms with Crippen molar-refractivity contribution in [3.05, 3.63) is 11.6 Å². The summed E-state index contributed by atoms with van der Waals surface area (Å²) in [6.45, 7) is 4.18. The summed E-state index contributed by atoms with van der Waals surface area (Å²) in [7, 11) is 0. The van der Waals surface area contributed by atoms with Crippen molar-refractivity contribution in [2.24, 2.45) is 0 Å². The molecule has 0 atom stereocenters. The highest BCUT2D eigenvalue weighted by Crippen LogP contribution is 2.09. The first-order valence-corrected chi connectivity index (χ1v) is 6.50. The zero-order valence-electron chi connectivity index (χ0n) is 10.9. The second-order valence-corrected chi connectivity index (χ2v) is 4.68. The average molecular weight is 254 g/mol. The number of hydrogen-bond donors (Lipinski definition) is 2. The number of unbranched alkanes of at least 4 members (excludes halogenated alkanes) is 2. The Kier molecular flexibility index (Phi) is 6.25. The molecule has 0 saturated carbocycles. The molecule has 1 aliphatic rings. The van der Waals surface area contributed by atoms with Crippen LogP contribution in [0.2, 0.25) is 0 Å². The molecule has 0 bridgehead atoms. The Morgan fingerprint density at radius 1 is 1.39 bits per heavy atom. The van der Waals surface area contributed by atoms with E-state index in [0.717, 1.165) is 25.8 Å². The van der Waals surface area contributed by atoms with E-state index in [0.29, 0.717) is 19.5 Å². The third-order valence-electron chi connectivity index (χ3n) is 3.07. The lowest BCUT2D eigenvalue weighted by Gasteiger charge is -2.25. The fourth-order valence-corrected chi connectivity index (χ4v) is 1.84. The van der Waals surface area contributed by atoms with Crippen LogP contribution in [0.15, 0.2) is 11.6 Å². The highest BCUT2D eigenvalue weighted by atomic mass is 16.4. The summed E-state index contributed by atoms with van der Waals surface area (Å²) >= 11 is 0. The van der Waals surface area contributed by atoms with Gasteiger partial charge in [0.1, 0.15) is 0 Å². The Balaban J connectivity index is 2.05. The number of nitrogens with one attached hydrogen (secondary N) is 1. The lowest BCUT2D eigenvalue weighted by Crippen LogP contribution is -2.42. The van der Waals surface area contributed by atoms with Crippen LogP contribution in [0.1, 0.15) is 39.0 Å². The number of aliphatic carboxylic acids is 1. The van der Waals surface area contributed by atoms with Crippen LogP contribution in [-0.2, 0) is 4.79 Å². The van der Waals surface area contributed by atoms with E-state index in [1.165, 1.54) is 5.57 Å². The molecule has 1 rings (SSSR count). The summed E-state index contributed by atoms with van der Waals surface area (Å²) in [5.41, 5.74) is 1.34. The SMILES string of the molecule is CC1=CCN(C(=O)NCCCCCC(=O)O)CC1. The van der Waals surface area contributed by atoms with Crippen LogP contribution in [0, 0.1) is 0 Å². The highest BCUT2D eigenvalue weighted by Gasteiger charge is 2.14. The standard InChI is InChI=1S/C13H22N2O3/c1-11-6-9-15(10-7-11)13(18)14-8-4-2-3-5-12(16)17/h6H,2-5,7-10H2,1H3,(H,14,18)(H,16,17). The van der Waals surface area contributed by atoms with Crippen LogP contribution >= 0.6 is 0 Å². The molecular weight excluding hydrogens is 232 g/mol. The Hall–Kier alpha value is -1.52. The van der Waals surface area contributed by atoms with Gasteiger partial charge in [-0.3, -0.25) is 4.79 Å². The first-order valence-electron chi connectivity index (χ1n) is 6.50. The van der Waals surface area contributed by atoms with E-state index >= 15 is 0 Å². The smallest absolute Gasteiger partial charge is 0.317 e. The maximum Gasteiger partial charge on any atom is 0.317 e. The van der Waals surface area contributed by atoms with Crippen LogP contribution in [0.3, 0.4) is 0 Å². The molecule has 0 aromatic rings. The van der Waals surface area contributed by atoms with Gasteiger partial charge in [-0.05, 0) is 26.2 Å². The molecule has 0 aliphatic carbocycles. The van der Waals surface area contributed by atoms with Gasteiger partial charge in [0, 0.05) is 26.1 Å². The second-order valence-electron chi connectivity index (χ2n) is 4.68. The molecule has 0 aromatic heterocycles. The van der Waals surface area contributed by atoms with Crippen molar-refractivity contribution in [3.8, 4) is 0 Å². The molecule has 0 fully saturated rings. The molecule has 0 aromatic carbocycles. The zero-order chi connectivity index (χ0) is 13.4. The van der Waals surface area contributed by atoms with Gasteiger partial charge in [0.15, 0.2) is 0 Å². The monoisotopic (exact) mass is 254 g/mol. The van der Waals surface area contributed by atoms with E-state index in [4.69, 9.17) is 5.11 Å². The van der Waals surface area contributed by atoms with Crippen molar-refractivity contribution in [2.75, 3.05) is 19.6 Å². The normalized spacial score (nSPS) is 15.2. The number of carboxylic acid groups (broad SMARTS) is 1. The van der Waals surface area contributed by atoms with E-state index in [-0.39, 0.29) is 12.5 Å².